The smallest absolute Gasteiger partial charge is 0.338 e. The molecule has 9 heteroatoms. The van der Waals surface area contributed by atoms with Crippen LogP contribution in [0, 0.1) is 0 Å². The van der Waals surface area contributed by atoms with E-state index in [0.29, 0.717) is 6.42 Å². The molecule has 0 heterocycles. The van der Waals surface area contributed by atoms with Crippen LogP contribution < -0.4 is 10.1 Å². The average Bonchev–Trinajstić information content (AvgIpc) is 2.77. The Morgan fingerprint density at radius 1 is 1.09 bits per heavy atom. The van der Waals surface area contributed by atoms with Crippen LogP contribution in [0.25, 0.3) is 0 Å². The van der Waals surface area contributed by atoms with E-state index in [1.54, 1.807) is 0 Å². The maximum absolute atomic E-state index is 13.2. The highest BCUT2D eigenvalue weighted by atomic mass is 32.2. The highest BCUT2D eigenvalue weighted by molar-refractivity contribution is 7.89. The summed E-state index contributed by atoms with van der Waals surface area (Å²) in [5, 5.41) is 2.77. The summed E-state index contributed by atoms with van der Waals surface area (Å²) in [5.74, 6) is -1.14. The first-order valence-corrected chi connectivity index (χ1v) is 11.6. The van der Waals surface area contributed by atoms with Gasteiger partial charge in [-0.15, -0.1) is 0 Å². The molecular weight excluding hydrogens is 432 g/mol. The van der Waals surface area contributed by atoms with Crippen molar-refractivity contribution in [2.24, 2.45) is 0 Å². The van der Waals surface area contributed by atoms with Gasteiger partial charge >= 0.3 is 5.97 Å². The van der Waals surface area contributed by atoms with Crippen molar-refractivity contribution in [1.29, 1.82) is 0 Å². The average molecular weight is 463 g/mol. The molecular formula is C23H30N2O6S. The predicted octanol–water partition coefficient (Wildman–Crippen LogP) is 2.98. The number of ether oxygens (including phenoxy) is 2. The summed E-state index contributed by atoms with van der Waals surface area (Å²) < 4.78 is 37.8. The van der Waals surface area contributed by atoms with E-state index in [4.69, 9.17) is 9.47 Å². The van der Waals surface area contributed by atoms with Gasteiger partial charge in [-0.2, -0.15) is 4.31 Å². The Morgan fingerprint density at radius 3 is 2.34 bits per heavy atom. The van der Waals surface area contributed by atoms with Crippen molar-refractivity contribution >= 4 is 21.9 Å². The van der Waals surface area contributed by atoms with Gasteiger partial charge in [-0.05, 0) is 44.0 Å². The Bertz CT molecular complexity index is 1050. The Morgan fingerprint density at radius 2 is 1.75 bits per heavy atom. The molecule has 0 saturated heterocycles. The normalized spacial score (nSPS) is 11.8. The number of amides is 1. The first kappa shape index (κ1) is 25.4. The van der Waals surface area contributed by atoms with Crippen molar-refractivity contribution in [3.05, 3.63) is 59.7 Å². The second kappa shape index (κ2) is 10.6. The van der Waals surface area contributed by atoms with E-state index in [9.17, 15) is 18.0 Å². The van der Waals surface area contributed by atoms with Gasteiger partial charge in [0.1, 0.15) is 10.6 Å². The Hall–Kier alpha value is -2.91. The third-order valence-corrected chi connectivity index (χ3v) is 6.86. The van der Waals surface area contributed by atoms with E-state index in [-0.39, 0.29) is 22.8 Å². The van der Waals surface area contributed by atoms with E-state index in [2.05, 4.69) is 5.32 Å². The quantitative estimate of drug-likeness (QED) is 0.545. The van der Waals surface area contributed by atoms with Gasteiger partial charge in [-0.25, -0.2) is 13.2 Å². The Kier molecular flexibility index (Phi) is 8.40. The first-order chi connectivity index (χ1) is 15.0. The molecule has 0 fully saturated rings. The largest absolute Gasteiger partial charge is 0.495 e. The van der Waals surface area contributed by atoms with Gasteiger partial charge < -0.3 is 14.8 Å². The molecule has 32 heavy (non-hydrogen) atoms. The lowest BCUT2D eigenvalue weighted by Gasteiger charge is -2.24. The fraction of sp³-hybridized carbons (Fsp3) is 0.391. The maximum atomic E-state index is 13.2. The van der Waals surface area contributed by atoms with Gasteiger partial charge in [-0.1, -0.05) is 37.3 Å². The van der Waals surface area contributed by atoms with Crippen molar-refractivity contribution in [2.45, 2.75) is 44.2 Å². The van der Waals surface area contributed by atoms with Crippen LogP contribution in [-0.2, 0) is 26.1 Å². The van der Waals surface area contributed by atoms with Crippen LogP contribution in [0.5, 0.6) is 5.75 Å². The highest BCUT2D eigenvalue weighted by Crippen LogP contribution is 2.28. The van der Waals surface area contributed by atoms with Crippen LogP contribution >= 0.6 is 0 Å². The lowest BCUT2D eigenvalue weighted by molar-refractivity contribution is -0.125. The molecule has 0 aliphatic heterocycles. The van der Waals surface area contributed by atoms with Gasteiger partial charge in [0.2, 0.25) is 10.0 Å². The highest BCUT2D eigenvalue weighted by Gasteiger charge is 2.27. The zero-order valence-corrected chi connectivity index (χ0v) is 19.9. The lowest BCUT2D eigenvalue weighted by atomic mass is 10.0. The number of hydrogen-bond donors (Lipinski definition) is 1. The number of benzene rings is 2. The van der Waals surface area contributed by atoms with Crippen molar-refractivity contribution < 1.29 is 27.5 Å². The second-order valence-corrected chi connectivity index (χ2v) is 9.99. The molecule has 2 rings (SSSR count). The summed E-state index contributed by atoms with van der Waals surface area (Å²) >= 11 is 0. The van der Waals surface area contributed by atoms with Crippen LogP contribution in [0.1, 0.15) is 43.1 Å². The molecule has 1 N–H and O–H groups in total. The standard InChI is InChI=1S/C23H30N2O6S/c1-6-23(2,3)24-21(26)16-31-22(27)18-12-13-19(30-5)20(14-18)32(28,29)25(4)15-17-10-8-7-9-11-17/h7-14H,6,15-16H2,1-5H3,(H,24,26). The summed E-state index contributed by atoms with van der Waals surface area (Å²) in [6, 6.07) is 13.1. The zero-order chi connectivity index (χ0) is 23.9. The van der Waals surface area contributed by atoms with Crippen LogP contribution in [0.3, 0.4) is 0 Å². The minimum atomic E-state index is -3.97. The van der Waals surface area contributed by atoms with Crippen molar-refractivity contribution in [3.63, 3.8) is 0 Å². The van der Waals surface area contributed by atoms with Crippen LogP contribution in [0.15, 0.2) is 53.4 Å². The number of nitrogens with zero attached hydrogens (tertiary/aromatic N) is 1. The molecule has 0 spiro atoms. The summed E-state index contributed by atoms with van der Waals surface area (Å²) in [4.78, 5) is 24.3. The monoisotopic (exact) mass is 462 g/mol. The van der Waals surface area contributed by atoms with Crippen molar-refractivity contribution in [1.82, 2.24) is 9.62 Å². The molecule has 0 bridgehead atoms. The van der Waals surface area contributed by atoms with Crippen LogP contribution in [-0.4, -0.2) is 50.9 Å². The van der Waals surface area contributed by atoms with E-state index in [1.165, 1.54) is 36.7 Å². The predicted molar refractivity (Wildman–Crippen MR) is 121 cm³/mol. The number of carbonyl (C=O) groups is 2. The lowest BCUT2D eigenvalue weighted by Crippen LogP contribution is -2.44. The number of nitrogens with one attached hydrogen (secondary N) is 1. The number of esters is 1. The zero-order valence-electron chi connectivity index (χ0n) is 19.0. The molecule has 0 radical (unpaired) electrons. The molecule has 8 nitrogen and oxygen atoms in total. The van der Waals surface area contributed by atoms with Crippen LogP contribution in [0.4, 0.5) is 0 Å². The number of carbonyl (C=O) groups excluding carboxylic acids is 2. The molecule has 0 atom stereocenters. The van der Waals surface area contributed by atoms with Gasteiger partial charge in [0.25, 0.3) is 5.91 Å². The Balaban J connectivity index is 2.20. The SMILES string of the molecule is CCC(C)(C)NC(=O)COC(=O)c1ccc(OC)c(S(=O)(=O)N(C)Cc2ccccc2)c1. The molecule has 2 aromatic carbocycles. The number of methoxy groups -OCH3 is 1. The summed E-state index contributed by atoms with van der Waals surface area (Å²) in [5.41, 5.74) is 0.392. The molecule has 174 valence electrons. The molecule has 0 aliphatic rings. The second-order valence-electron chi connectivity index (χ2n) is 7.97. The van der Waals surface area contributed by atoms with Crippen molar-refractivity contribution in [3.8, 4) is 5.75 Å². The van der Waals surface area contributed by atoms with E-state index >= 15 is 0 Å². The van der Waals surface area contributed by atoms with Crippen LogP contribution in [0.2, 0.25) is 0 Å². The molecule has 0 aromatic heterocycles. The fourth-order valence-corrected chi connectivity index (χ4v) is 4.15. The number of sulfonamides is 1. The van der Waals surface area contributed by atoms with Gasteiger partial charge in [0.15, 0.2) is 6.61 Å². The first-order valence-electron chi connectivity index (χ1n) is 10.2. The molecule has 0 unspecified atom stereocenters. The molecule has 0 aliphatic carbocycles. The van der Waals surface area contributed by atoms with Gasteiger partial charge in [-0.3, -0.25) is 4.79 Å². The molecule has 2 aromatic rings. The van der Waals surface area contributed by atoms with Crippen molar-refractivity contribution in [2.75, 3.05) is 20.8 Å². The van der Waals surface area contributed by atoms with Gasteiger partial charge in [0.05, 0.1) is 12.7 Å². The fourth-order valence-electron chi connectivity index (χ4n) is 2.81. The summed E-state index contributed by atoms with van der Waals surface area (Å²) in [6.07, 6.45) is 0.711. The summed E-state index contributed by atoms with van der Waals surface area (Å²) in [6.45, 7) is 5.33. The third-order valence-electron chi connectivity index (χ3n) is 5.03. The minimum Gasteiger partial charge on any atom is -0.495 e. The minimum absolute atomic E-state index is 0.0000350. The molecule has 0 saturated carbocycles. The topological polar surface area (TPSA) is 102 Å². The Labute approximate surface area is 189 Å². The number of hydrogen-bond acceptors (Lipinski definition) is 6. The van der Waals surface area contributed by atoms with E-state index in [1.807, 2.05) is 51.1 Å². The van der Waals surface area contributed by atoms with Gasteiger partial charge in [0, 0.05) is 19.1 Å². The molecule has 1 amide bonds. The summed E-state index contributed by atoms with van der Waals surface area (Å²) in [7, 11) is -1.17. The maximum Gasteiger partial charge on any atom is 0.338 e. The van der Waals surface area contributed by atoms with E-state index < -0.39 is 34.0 Å². The van der Waals surface area contributed by atoms with E-state index in [0.717, 1.165) is 5.56 Å². The third kappa shape index (κ3) is 6.54. The number of rotatable bonds is 10.